The number of nitrogens with zero attached hydrogens (tertiary/aromatic N) is 9. The summed E-state index contributed by atoms with van der Waals surface area (Å²) in [6.45, 7) is 8.70. The first kappa shape index (κ1) is 76.7. The second-order valence-electron chi connectivity index (χ2n) is 19.1. The van der Waals surface area contributed by atoms with Crippen LogP contribution in [0.5, 0.6) is 46.5 Å². The summed E-state index contributed by atoms with van der Waals surface area (Å²) in [7, 11) is 3.82. The number of carbonyl (C=O) groups excluding carboxylic acids is 3. The van der Waals surface area contributed by atoms with Crippen LogP contribution in [0.2, 0.25) is 15.9 Å². The van der Waals surface area contributed by atoms with Crippen molar-refractivity contribution in [2.45, 2.75) is 53.2 Å². The molecule has 1 aliphatic rings. The van der Waals surface area contributed by atoms with Crippen LogP contribution in [0, 0.1) is 0 Å². The van der Waals surface area contributed by atoms with E-state index in [-0.39, 0.29) is 86.4 Å². The van der Waals surface area contributed by atoms with Crippen LogP contribution in [0.25, 0.3) is 0 Å². The zero-order valence-electron chi connectivity index (χ0n) is 53.3. The van der Waals surface area contributed by atoms with Crippen molar-refractivity contribution in [2.75, 3.05) is 81.4 Å². The molecule has 0 atom stereocenters. The topological polar surface area (TPSA) is 433 Å². The van der Waals surface area contributed by atoms with Gasteiger partial charge in [0.25, 0.3) is 0 Å². The number of ether oxygens (including phenoxy) is 7. The van der Waals surface area contributed by atoms with E-state index in [1.54, 1.807) is 74.5 Å². The molecule has 6 bridgehead atoms. The van der Waals surface area contributed by atoms with E-state index in [1.165, 1.54) is 51.7 Å². The molecule has 1 aliphatic heterocycles. The molecule has 0 spiro atoms. The molecule has 30 nitrogen and oxygen atoms in total. The molecule has 10 rings (SSSR count). The molecule has 4 heterocycles. The van der Waals surface area contributed by atoms with Gasteiger partial charge in [-0.2, -0.15) is 44.9 Å². The first-order valence-electron chi connectivity index (χ1n) is 29.2. The number of methoxy groups -OCH3 is 3. The smallest absolute Gasteiger partial charge is 0.341 e. The van der Waals surface area contributed by atoms with Gasteiger partial charge in [-0.3, -0.25) is 0 Å². The quantitative estimate of drug-likeness (QED) is 0.0290. The number of hydrogen-bond donors (Lipinski definition) is 11. The van der Waals surface area contributed by atoms with Gasteiger partial charge in [-0.1, -0.05) is 36.4 Å². The van der Waals surface area contributed by atoms with E-state index in [2.05, 4.69) is 75.6 Å². The maximum absolute atomic E-state index is 12.2. The Balaban J connectivity index is 0.000000241. The predicted molar refractivity (Wildman–Crippen MR) is 363 cm³/mol. The molecule has 0 radical (unpaired) electrons. The van der Waals surface area contributed by atoms with Crippen molar-refractivity contribution in [3.8, 4) is 46.5 Å². The van der Waals surface area contributed by atoms with Crippen molar-refractivity contribution in [1.29, 1.82) is 0 Å². The van der Waals surface area contributed by atoms with Crippen LogP contribution in [-0.2, 0) is 33.8 Å². The van der Waals surface area contributed by atoms with Crippen LogP contribution in [0.4, 0.5) is 40.9 Å². The number of aromatic hydroxyl groups is 4. The van der Waals surface area contributed by atoms with Crippen molar-refractivity contribution in [2.24, 2.45) is 5.73 Å². The van der Waals surface area contributed by atoms with Gasteiger partial charge in [0.1, 0.15) is 51.2 Å². The van der Waals surface area contributed by atoms with E-state index in [4.69, 9.17) is 80.2 Å². The number of carbonyl (C=O) groups is 3. The van der Waals surface area contributed by atoms with Crippen molar-refractivity contribution >= 4 is 93.6 Å². The normalized spacial score (nSPS) is 11.1. The highest BCUT2D eigenvalue weighted by Gasteiger charge is 2.18. The Morgan fingerprint density at radius 2 is 1.11 bits per heavy atom. The molecule has 0 fully saturated rings. The zero-order chi connectivity index (χ0) is 70.7. The Hall–Kier alpha value is -11.1. The van der Waals surface area contributed by atoms with Crippen molar-refractivity contribution < 1.29 is 73.1 Å². The molecule has 514 valence electrons. The van der Waals surface area contributed by atoms with Gasteiger partial charge in [0, 0.05) is 61.5 Å². The molecular weight excluding hydrogens is 1330 g/mol. The van der Waals surface area contributed by atoms with Crippen molar-refractivity contribution in [3.05, 3.63) is 177 Å². The number of rotatable bonds is 13. The fourth-order valence-electron chi connectivity index (χ4n) is 7.69. The largest absolute Gasteiger partial charge is 0.508 e. The molecule has 0 aliphatic carbocycles. The lowest BCUT2D eigenvalue weighted by molar-refractivity contribution is 0.0587. The summed E-state index contributed by atoms with van der Waals surface area (Å²) < 4.78 is 36.6. The van der Waals surface area contributed by atoms with E-state index in [9.17, 15) is 29.7 Å². The van der Waals surface area contributed by atoms with Gasteiger partial charge in [0.2, 0.25) is 39.6 Å². The molecule has 0 amide bonds. The number of nitrogen functional groups attached to an aromatic ring is 1. The third kappa shape index (κ3) is 27.1. The van der Waals surface area contributed by atoms with Crippen LogP contribution in [0.15, 0.2) is 127 Å². The molecule has 3 aromatic heterocycles. The number of halogens is 3. The number of nitrogens with one attached hydrogen (secondary N) is 4. The highest BCUT2D eigenvalue weighted by Crippen LogP contribution is 2.29. The Bertz CT molecular complexity index is 3950. The van der Waals surface area contributed by atoms with Crippen LogP contribution in [-0.4, -0.2) is 143 Å². The lowest BCUT2D eigenvalue weighted by Gasteiger charge is -2.14. The van der Waals surface area contributed by atoms with E-state index < -0.39 is 17.9 Å². The zero-order valence-corrected chi connectivity index (χ0v) is 55.6. The summed E-state index contributed by atoms with van der Waals surface area (Å²) in [5.74, 6) is 0.615. The van der Waals surface area contributed by atoms with Crippen LogP contribution in [0.1, 0.15) is 81.4 Å². The standard InChI is InChI=1S/C24H27N5O5.C20H21N5O5.C8H9NO3.C7H9NO.C3Cl3N3.C2H6O/c1-3-32-24-28-22-25-15-16-7-6-8-18(13-16)33-11-4-5-12-34-20-14-17(26-23(27-22)29-24)9-10-19(20)21(30)31-2;1-3-30-20-24-18(21-11-12-5-4-6-14(26)9-12)23-19(25-20)22-13-7-8-15(16(27)10-13)17(28)29-2;1-12-8(11)6-3-2-5(9)4-7(6)10;8-5-6-2-1-3-7(9)4-6;4-1-7-2(5)9-3(6)8-1;1-2-3/h6-10,13-14H,3-5,11-12,15H2,1-2H3,(H2,25,26,27,28,29);4-10,26-27H,3,11H2,1-2H3,(H2,21,22,23,24,25);2-4,10H,9H2,1H3;1-4,9H,5,8H2;;3H,2H2,1H3. The fraction of sp³-hybridized carbons (Fsp3) is 0.250. The number of fused-ring (bicyclic) bond motifs is 6. The van der Waals surface area contributed by atoms with Gasteiger partial charge in [0.05, 0.1) is 47.8 Å². The number of phenolic OH excluding ortho intramolecular Hbond substituents is 4. The molecule has 0 unspecified atom stereocenters. The maximum Gasteiger partial charge on any atom is 0.341 e. The molecular formula is C64H72Cl3N15O15. The van der Waals surface area contributed by atoms with Gasteiger partial charge < -0.3 is 91.4 Å². The maximum atomic E-state index is 12.2. The number of nitrogens with two attached hydrogens (primary N) is 2. The van der Waals surface area contributed by atoms with E-state index in [1.807, 2.05) is 43.3 Å². The lowest BCUT2D eigenvalue weighted by Crippen LogP contribution is -2.11. The first-order valence-corrected chi connectivity index (χ1v) is 30.4. The summed E-state index contributed by atoms with van der Waals surface area (Å²) in [6.07, 6.45) is 1.56. The highest BCUT2D eigenvalue weighted by atomic mass is 35.5. The van der Waals surface area contributed by atoms with Gasteiger partial charge in [-0.15, -0.1) is 0 Å². The predicted octanol–water partition coefficient (Wildman–Crippen LogP) is 10.2. The number of aliphatic hydroxyl groups excluding tert-OH is 1. The average Bonchev–Trinajstić information content (AvgIpc) is 0.930. The summed E-state index contributed by atoms with van der Waals surface area (Å²) >= 11 is 16.0. The third-order valence-electron chi connectivity index (χ3n) is 12.0. The van der Waals surface area contributed by atoms with Crippen LogP contribution in [0.3, 0.4) is 0 Å². The Morgan fingerprint density at radius 3 is 1.69 bits per heavy atom. The average molecular weight is 1400 g/mol. The number of phenols is 4. The van der Waals surface area contributed by atoms with Gasteiger partial charge in [-0.05, 0) is 158 Å². The van der Waals surface area contributed by atoms with Gasteiger partial charge in [-0.25, -0.2) is 14.4 Å². The van der Waals surface area contributed by atoms with E-state index in [0.29, 0.717) is 80.4 Å². The van der Waals surface area contributed by atoms with E-state index in [0.717, 1.165) is 35.3 Å². The third-order valence-corrected chi connectivity index (χ3v) is 12.5. The Kier molecular flexibility index (Phi) is 32.3. The summed E-state index contributed by atoms with van der Waals surface area (Å²) in [4.78, 5) is 70.9. The molecule has 97 heavy (non-hydrogen) atoms. The minimum absolute atomic E-state index is 0.000000000000000444. The summed E-state index contributed by atoms with van der Waals surface area (Å²) in [6, 6.07) is 35.6. The molecule has 0 saturated carbocycles. The molecule has 0 saturated heterocycles. The Labute approximate surface area is 572 Å². The van der Waals surface area contributed by atoms with E-state index >= 15 is 0 Å². The van der Waals surface area contributed by atoms with Gasteiger partial charge in [0.15, 0.2) is 0 Å². The molecule has 9 aromatic rings. The van der Waals surface area contributed by atoms with Crippen molar-refractivity contribution in [1.82, 2.24) is 44.9 Å². The molecule has 6 aromatic carbocycles. The number of anilines is 7. The number of hydrogen-bond acceptors (Lipinski definition) is 30. The number of aromatic nitrogens is 9. The molecule has 13 N–H and O–H groups in total. The summed E-state index contributed by atoms with van der Waals surface area (Å²) in [5, 5.41) is 57.6. The minimum Gasteiger partial charge on any atom is -0.508 e. The number of esters is 3. The van der Waals surface area contributed by atoms with Crippen molar-refractivity contribution in [3.63, 3.8) is 0 Å². The number of aliphatic hydroxyl groups is 1. The first-order chi connectivity index (χ1) is 46.7. The second-order valence-corrected chi connectivity index (χ2v) is 20.1. The second kappa shape index (κ2) is 40.9. The summed E-state index contributed by atoms with van der Waals surface area (Å²) in [5.41, 5.74) is 15.5. The van der Waals surface area contributed by atoms with Crippen LogP contribution < -0.4 is 51.7 Å². The highest BCUT2D eigenvalue weighted by molar-refractivity contribution is 6.33. The van der Waals surface area contributed by atoms with Gasteiger partial charge >= 0.3 is 29.9 Å². The minimum atomic E-state index is -0.642. The van der Waals surface area contributed by atoms with Crippen LogP contribution >= 0.6 is 34.8 Å². The number of benzene rings is 6. The lowest BCUT2D eigenvalue weighted by atomic mass is 10.2. The molecule has 33 heteroatoms. The monoisotopic (exact) mass is 1400 g/mol. The fourth-order valence-corrected chi connectivity index (χ4v) is 8.30. The Morgan fingerprint density at radius 1 is 0.577 bits per heavy atom. The SMILES string of the molecule is CCO.CCOc1nc(NCc2cccc(O)c2)nc(Nc2ccc(C(=O)OC)c(O)c2)n1.CCOc1nc2nc(n1)Nc1ccc(C(=O)OC)c(c1)OCCCCOc1cccc(c1)CN2.COC(=O)c1ccc(N)cc1O.Clc1nc(Cl)nc(Cl)n1.NCc1cccc(O)c1.